The Morgan fingerprint density at radius 3 is 2.26 bits per heavy atom. The molecule has 0 aliphatic carbocycles. The van der Waals surface area contributed by atoms with E-state index in [2.05, 4.69) is 10.6 Å². The summed E-state index contributed by atoms with van der Waals surface area (Å²) in [5, 5.41) is 6.05. The Morgan fingerprint density at radius 2 is 1.70 bits per heavy atom. The minimum absolute atomic E-state index is 0.0872. The van der Waals surface area contributed by atoms with Gasteiger partial charge in [-0.25, -0.2) is 4.79 Å². The minimum atomic E-state index is -0.443. The molecule has 27 heavy (non-hydrogen) atoms. The molecule has 2 rings (SSSR count). The van der Waals surface area contributed by atoms with E-state index in [0.717, 1.165) is 10.4 Å². The number of amides is 2. The summed E-state index contributed by atoms with van der Waals surface area (Å²) in [6.07, 6.45) is 0. The van der Waals surface area contributed by atoms with Crippen LogP contribution < -0.4 is 10.6 Å². The van der Waals surface area contributed by atoms with Crippen LogP contribution in [0.1, 0.15) is 51.9 Å². The van der Waals surface area contributed by atoms with E-state index in [1.807, 2.05) is 27.7 Å². The van der Waals surface area contributed by atoms with Gasteiger partial charge >= 0.3 is 5.97 Å². The summed E-state index contributed by atoms with van der Waals surface area (Å²) >= 11 is 1.34. The molecule has 0 radical (unpaired) electrons. The van der Waals surface area contributed by atoms with Gasteiger partial charge in [-0.2, -0.15) is 0 Å². The molecule has 2 aromatic rings. The maximum atomic E-state index is 12.6. The molecule has 2 amide bonds. The van der Waals surface area contributed by atoms with Gasteiger partial charge in [-0.1, -0.05) is 13.8 Å². The normalized spacial score (nSPS) is 10.6. The first-order valence-corrected chi connectivity index (χ1v) is 9.55. The van der Waals surface area contributed by atoms with Gasteiger partial charge in [0.25, 0.3) is 5.91 Å². The fourth-order valence-electron chi connectivity index (χ4n) is 2.33. The second-order valence-corrected chi connectivity index (χ2v) is 7.61. The summed E-state index contributed by atoms with van der Waals surface area (Å²) in [6, 6.07) is 6.60. The predicted molar refractivity (Wildman–Crippen MR) is 108 cm³/mol. The lowest BCUT2D eigenvalue weighted by molar-refractivity contribution is -0.118. The average molecular weight is 388 g/mol. The molecule has 6 nitrogen and oxygen atoms in total. The fourth-order valence-corrected chi connectivity index (χ4v) is 3.37. The van der Waals surface area contributed by atoms with Crippen LogP contribution in [0.2, 0.25) is 0 Å². The van der Waals surface area contributed by atoms with Crippen LogP contribution in [0.5, 0.6) is 0 Å². The number of carbonyl (C=O) groups is 3. The molecule has 1 aromatic heterocycles. The van der Waals surface area contributed by atoms with Gasteiger partial charge in [-0.15, -0.1) is 11.3 Å². The Kier molecular flexibility index (Phi) is 6.74. The van der Waals surface area contributed by atoms with Crippen molar-refractivity contribution in [3.8, 4) is 0 Å². The number of aryl methyl sites for hydroxylation is 1. The van der Waals surface area contributed by atoms with E-state index in [-0.39, 0.29) is 24.3 Å². The Balaban J connectivity index is 2.17. The molecule has 1 aromatic carbocycles. The molecule has 1 heterocycles. The van der Waals surface area contributed by atoms with Crippen LogP contribution in [0.25, 0.3) is 0 Å². The van der Waals surface area contributed by atoms with Crippen molar-refractivity contribution in [2.45, 2.75) is 34.6 Å². The van der Waals surface area contributed by atoms with Crippen molar-refractivity contribution >= 4 is 39.8 Å². The van der Waals surface area contributed by atoms with E-state index in [9.17, 15) is 14.4 Å². The van der Waals surface area contributed by atoms with Gasteiger partial charge in [0.05, 0.1) is 12.2 Å². The first-order valence-electron chi connectivity index (χ1n) is 8.74. The van der Waals surface area contributed by atoms with E-state index in [0.29, 0.717) is 21.8 Å². The minimum Gasteiger partial charge on any atom is -0.462 e. The van der Waals surface area contributed by atoms with Crippen LogP contribution in [0.4, 0.5) is 10.7 Å². The molecule has 0 spiro atoms. The lowest BCUT2D eigenvalue weighted by Crippen LogP contribution is -2.18. The lowest BCUT2D eigenvalue weighted by atomic mass is 10.1. The fraction of sp³-hybridized carbons (Fsp3) is 0.350. The van der Waals surface area contributed by atoms with E-state index < -0.39 is 5.97 Å². The van der Waals surface area contributed by atoms with Gasteiger partial charge in [0.15, 0.2) is 0 Å². The molecule has 0 saturated heterocycles. The molecular formula is C20H24N2O4S. The maximum absolute atomic E-state index is 12.6. The number of hydrogen-bond acceptors (Lipinski definition) is 5. The zero-order valence-corrected chi connectivity index (χ0v) is 17.0. The largest absolute Gasteiger partial charge is 0.462 e. The van der Waals surface area contributed by atoms with Crippen LogP contribution in [0, 0.1) is 19.8 Å². The van der Waals surface area contributed by atoms with Crippen molar-refractivity contribution in [1.29, 1.82) is 0 Å². The number of esters is 1. The zero-order valence-electron chi connectivity index (χ0n) is 16.1. The zero-order chi connectivity index (χ0) is 20.1. The first kappa shape index (κ1) is 20.6. The van der Waals surface area contributed by atoms with Crippen molar-refractivity contribution in [3.05, 3.63) is 45.8 Å². The molecule has 144 valence electrons. The van der Waals surface area contributed by atoms with Gasteiger partial charge < -0.3 is 15.4 Å². The average Bonchev–Trinajstić information content (AvgIpc) is 2.89. The number of hydrogen-bond donors (Lipinski definition) is 2. The highest BCUT2D eigenvalue weighted by atomic mass is 32.1. The Hall–Kier alpha value is -2.67. The third-order valence-corrected chi connectivity index (χ3v) is 5.15. The monoisotopic (exact) mass is 388 g/mol. The number of nitrogens with one attached hydrogen (secondary N) is 2. The Bertz CT molecular complexity index is 854. The number of thiophene rings is 1. The van der Waals surface area contributed by atoms with Gasteiger partial charge in [-0.05, 0) is 50.6 Å². The number of carbonyl (C=O) groups excluding carboxylic acids is 3. The predicted octanol–water partition coefficient (Wildman–Crippen LogP) is 4.39. The molecule has 0 atom stereocenters. The van der Waals surface area contributed by atoms with Crippen LogP contribution in [0.15, 0.2) is 24.3 Å². The van der Waals surface area contributed by atoms with Crippen molar-refractivity contribution in [2.24, 2.45) is 5.92 Å². The van der Waals surface area contributed by atoms with Crippen LogP contribution in [0.3, 0.4) is 0 Å². The molecular weight excluding hydrogens is 364 g/mol. The molecule has 0 fully saturated rings. The molecule has 0 saturated carbocycles. The summed E-state index contributed by atoms with van der Waals surface area (Å²) in [7, 11) is 0. The van der Waals surface area contributed by atoms with Crippen molar-refractivity contribution in [2.75, 3.05) is 17.2 Å². The summed E-state index contributed by atoms with van der Waals surface area (Å²) in [5.41, 5.74) is 2.25. The smallest absolute Gasteiger partial charge is 0.341 e. The van der Waals surface area contributed by atoms with Gasteiger partial charge in [0.1, 0.15) is 5.00 Å². The van der Waals surface area contributed by atoms with Gasteiger partial charge in [0.2, 0.25) is 5.91 Å². The molecule has 2 N–H and O–H groups in total. The first-order chi connectivity index (χ1) is 12.7. The van der Waals surface area contributed by atoms with Crippen LogP contribution >= 0.6 is 11.3 Å². The number of benzene rings is 1. The van der Waals surface area contributed by atoms with E-state index in [1.165, 1.54) is 11.3 Å². The van der Waals surface area contributed by atoms with E-state index >= 15 is 0 Å². The summed E-state index contributed by atoms with van der Waals surface area (Å²) in [4.78, 5) is 37.5. The molecule has 0 bridgehead atoms. The van der Waals surface area contributed by atoms with Gasteiger partial charge in [-0.3, -0.25) is 9.59 Å². The second kappa shape index (κ2) is 8.81. The molecule has 0 aliphatic rings. The quantitative estimate of drug-likeness (QED) is 0.719. The molecule has 0 unspecified atom stereocenters. The van der Waals surface area contributed by atoms with E-state index in [1.54, 1.807) is 31.2 Å². The van der Waals surface area contributed by atoms with Crippen molar-refractivity contribution in [3.63, 3.8) is 0 Å². The second-order valence-electron chi connectivity index (χ2n) is 6.38. The van der Waals surface area contributed by atoms with Crippen molar-refractivity contribution < 1.29 is 19.1 Å². The highest BCUT2D eigenvalue weighted by Crippen LogP contribution is 2.33. The maximum Gasteiger partial charge on any atom is 0.341 e. The highest BCUT2D eigenvalue weighted by Gasteiger charge is 2.22. The van der Waals surface area contributed by atoms with Crippen molar-refractivity contribution in [1.82, 2.24) is 0 Å². The Labute approximate surface area is 162 Å². The van der Waals surface area contributed by atoms with Gasteiger partial charge in [0, 0.05) is 22.0 Å². The topological polar surface area (TPSA) is 84.5 Å². The SMILES string of the molecule is CCOC(=O)c1c(NC(=O)c2ccc(NC(=O)C(C)C)cc2)sc(C)c1C. The number of rotatable bonds is 6. The van der Waals surface area contributed by atoms with Crippen LogP contribution in [-0.4, -0.2) is 24.4 Å². The summed E-state index contributed by atoms with van der Waals surface area (Å²) < 4.78 is 5.10. The third kappa shape index (κ3) is 4.95. The van der Waals surface area contributed by atoms with Crippen LogP contribution in [-0.2, 0) is 9.53 Å². The molecule has 0 aliphatic heterocycles. The molecule has 7 heteroatoms. The summed E-state index contributed by atoms with van der Waals surface area (Å²) in [6.45, 7) is 9.35. The number of anilines is 2. The standard InChI is InChI=1S/C20H24N2O4S/c1-6-26-20(25)16-12(4)13(5)27-19(16)22-18(24)14-7-9-15(10-8-14)21-17(23)11(2)3/h7-11H,6H2,1-5H3,(H,21,23)(H,22,24). The summed E-state index contributed by atoms with van der Waals surface area (Å²) in [5.74, 6) is -0.986. The lowest BCUT2D eigenvalue weighted by Gasteiger charge is -2.09. The highest BCUT2D eigenvalue weighted by molar-refractivity contribution is 7.16. The van der Waals surface area contributed by atoms with E-state index in [4.69, 9.17) is 4.74 Å². The third-order valence-electron chi connectivity index (χ3n) is 4.03. The Morgan fingerprint density at radius 1 is 1.07 bits per heavy atom. The number of ether oxygens (including phenoxy) is 1.